The highest BCUT2D eigenvalue weighted by Crippen LogP contribution is 2.27. The van der Waals surface area contributed by atoms with Gasteiger partial charge in [0.1, 0.15) is 0 Å². The molecule has 0 radical (unpaired) electrons. The molecule has 0 aromatic heterocycles. The van der Waals surface area contributed by atoms with E-state index < -0.39 is 0 Å². The summed E-state index contributed by atoms with van der Waals surface area (Å²) in [5, 5.41) is 7.19. The Balaban J connectivity index is 1.88. The van der Waals surface area contributed by atoms with Crippen LogP contribution in [0.5, 0.6) is 0 Å². The lowest BCUT2D eigenvalue weighted by atomic mass is 9.94. The molecule has 0 aromatic carbocycles. The molecule has 2 fully saturated rings. The van der Waals surface area contributed by atoms with Gasteiger partial charge in [0.05, 0.1) is 6.04 Å². The molecule has 17 heavy (non-hydrogen) atoms. The first-order valence-corrected chi connectivity index (χ1v) is 8.07. The van der Waals surface area contributed by atoms with Gasteiger partial charge in [-0.15, -0.1) is 0 Å². The number of carbonyl (C=O) groups is 1. The van der Waals surface area contributed by atoms with Gasteiger partial charge in [-0.25, -0.2) is 0 Å². The fourth-order valence-corrected chi connectivity index (χ4v) is 3.94. The predicted octanol–water partition coefficient (Wildman–Crippen LogP) is 1.77. The van der Waals surface area contributed by atoms with Crippen LogP contribution in [0, 0.1) is 5.92 Å². The monoisotopic (exact) mass is 256 g/mol. The summed E-state index contributed by atoms with van der Waals surface area (Å²) in [6, 6.07) is 0.431. The fraction of sp³-hybridized carbons (Fsp3) is 0.923. The summed E-state index contributed by atoms with van der Waals surface area (Å²) in [6.45, 7) is 3.15. The highest BCUT2D eigenvalue weighted by atomic mass is 32.2. The number of hydrogen-bond acceptors (Lipinski definition) is 3. The van der Waals surface area contributed by atoms with Crippen LogP contribution in [0.15, 0.2) is 0 Å². The molecule has 1 saturated heterocycles. The average Bonchev–Trinajstić information content (AvgIpc) is 2.76. The molecule has 1 saturated carbocycles. The van der Waals surface area contributed by atoms with Gasteiger partial charge in [-0.1, -0.05) is 19.8 Å². The number of rotatable bonds is 3. The van der Waals surface area contributed by atoms with E-state index in [0.717, 1.165) is 19.4 Å². The quantitative estimate of drug-likeness (QED) is 0.808. The topological polar surface area (TPSA) is 41.1 Å². The van der Waals surface area contributed by atoms with Crippen LogP contribution in [0.4, 0.5) is 0 Å². The first kappa shape index (κ1) is 13.2. The van der Waals surface area contributed by atoms with Crippen LogP contribution < -0.4 is 10.6 Å². The zero-order valence-corrected chi connectivity index (χ0v) is 11.7. The second-order valence-electron chi connectivity index (χ2n) is 5.37. The van der Waals surface area contributed by atoms with Crippen LogP contribution in [0.2, 0.25) is 0 Å². The summed E-state index contributed by atoms with van der Waals surface area (Å²) in [7, 11) is 0. The Kier molecular flexibility index (Phi) is 4.74. The van der Waals surface area contributed by atoms with E-state index in [9.17, 15) is 4.79 Å². The average molecular weight is 256 g/mol. The standard InChI is InChI=1S/C13H24N2OS/c1-9-7-8-14-12(9)13(16)15-10-5-3-4-6-11(10)17-2/h9-12,14H,3-8H2,1-2H3,(H,15,16). The molecular formula is C13H24N2OS. The minimum Gasteiger partial charge on any atom is -0.351 e. The van der Waals surface area contributed by atoms with E-state index in [1.165, 1.54) is 19.3 Å². The molecule has 2 aliphatic rings. The van der Waals surface area contributed by atoms with Crippen LogP contribution in [0.3, 0.4) is 0 Å². The number of nitrogens with one attached hydrogen (secondary N) is 2. The predicted molar refractivity (Wildman–Crippen MR) is 73.3 cm³/mol. The van der Waals surface area contributed by atoms with Gasteiger partial charge in [-0.2, -0.15) is 11.8 Å². The Morgan fingerprint density at radius 2 is 2.06 bits per heavy atom. The molecule has 2 rings (SSSR count). The van der Waals surface area contributed by atoms with Gasteiger partial charge in [0.15, 0.2) is 0 Å². The molecule has 3 nitrogen and oxygen atoms in total. The second kappa shape index (κ2) is 6.10. The van der Waals surface area contributed by atoms with Crippen molar-refractivity contribution < 1.29 is 4.79 Å². The molecular weight excluding hydrogens is 232 g/mol. The molecule has 4 unspecified atom stereocenters. The molecule has 1 aliphatic heterocycles. The smallest absolute Gasteiger partial charge is 0.237 e. The van der Waals surface area contributed by atoms with Crippen LogP contribution >= 0.6 is 11.8 Å². The van der Waals surface area contributed by atoms with Crippen LogP contribution in [0.1, 0.15) is 39.0 Å². The van der Waals surface area contributed by atoms with Gasteiger partial charge in [0.2, 0.25) is 5.91 Å². The van der Waals surface area contributed by atoms with Crippen molar-refractivity contribution >= 4 is 17.7 Å². The summed E-state index contributed by atoms with van der Waals surface area (Å²) < 4.78 is 0. The first-order valence-electron chi connectivity index (χ1n) is 6.79. The third-order valence-electron chi connectivity index (χ3n) is 4.15. The Morgan fingerprint density at radius 1 is 1.29 bits per heavy atom. The van der Waals surface area contributed by atoms with E-state index in [2.05, 4.69) is 23.8 Å². The van der Waals surface area contributed by atoms with Gasteiger partial charge >= 0.3 is 0 Å². The minimum absolute atomic E-state index is 0.0411. The van der Waals surface area contributed by atoms with Gasteiger partial charge in [0, 0.05) is 11.3 Å². The Bertz CT molecular complexity index is 272. The third kappa shape index (κ3) is 3.16. The summed E-state index contributed by atoms with van der Waals surface area (Å²) in [5.74, 6) is 0.701. The van der Waals surface area contributed by atoms with Crippen LogP contribution in [-0.4, -0.2) is 36.0 Å². The van der Waals surface area contributed by atoms with Crippen molar-refractivity contribution in [2.24, 2.45) is 5.92 Å². The van der Waals surface area contributed by atoms with E-state index in [4.69, 9.17) is 0 Å². The van der Waals surface area contributed by atoms with Gasteiger partial charge in [-0.3, -0.25) is 4.79 Å². The van der Waals surface area contributed by atoms with Crippen molar-refractivity contribution in [2.45, 2.75) is 56.4 Å². The lowest BCUT2D eigenvalue weighted by Crippen LogP contribution is -2.51. The van der Waals surface area contributed by atoms with Crippen molar-refractivity contribution in [3.05, 3.63) is 0 Å². The van der Waals surface area contributed by atoms with Crippen LogP contribution in [-0.2, 0) is 4.79 Å². The van der Waals surface area contributed by atoms with Crippen molar-refractivity contribution in [3.8, 4) is 0 Å². The number of hydrogen-bond donors (Lipinski definition) is 2. The van der Waals surface area contributed by atoms with Crippen molar-refractivity contribution in [3.63, 3.8) is 0 Å². The molecule has 0 bridgehead atoms. The normalized spacial score (nSPS) is 38.0. The summed E-state index contributed by atoms with van der Waals surface area (Å²) >= 11 is 1.90. The van der Waals surface area contributed by atoms with Gasteiger partial charge < -0.3 is 10.6 Å². The first-order chi connectivity index (χ1) is 8.22. The highest BCUT2D eigenvalue weighted by molar-refractivity contribution is 7.99. The third-order valence-corrected chi connectivity index (χ3v) is 5.32. The Hall–Kier alpha value is -0.220. The molecule has 1 amide bonds. The van der Waals surface area contributed by atoms with E-state index in [1.807, 2.05) is 11.8 Å². The highest BCUT2D eigenvalue weighted by Gasteiger charge is 2.32. The fourth-order valence-electron chi connectivity index (χ4n) is 3.00. The lowest BCUT2D eigenvalue weighted by Gasteiger charge is -2.32. The van der Waals surface area contributed by atoms with E-state index in [1.54, 1.807) is 0 Å². The maximum absolute atomic E-state index is 12.2. The van der Waals surface area contributed by atoms with Gasteiger partial charge in [-0.05, 0) is 38.0 Å². The number of amides is 1. The van der Waals surface area contributed by atoms with Gasteiger partial charge in [0.25, 0.3) is 0 Å². The van der Waals surface area contributed by atoms with E-state index in [-0.39, 0.29) is 11.9 Å². The minimum atomic E-state index is 0.0411. The van der Waals surface area contributed by atoms with Crippen molar-refractivity contribution in [1.29, 1.82) is 0 Å². The molecule has 4 atom stereocenters. The molecule has 0 aromatic rings. The summed E-state index contributed by atoms with van der Waals surface area (Å²) in [5.41, 5.74) is 0. The maximum atomic E-state index is 12.2. The van der Waals surface area contributed by atoms with Crippen molar-refractivity contribution in [1.82, 2.24) is 10.6 Å². The zero-order valence-electron chi connectivity index (χ0n) is 10.9. The molecule has 4 heteroatoms. The number of carbonyl (C=O) groups excluding carboxylic acids is 1. The van der Waals surface area contributed by atoms with E-state index in [0.29, 0.717) is 17.2 Å². The molecule has 0 spiro atoms. The summed E-state index contributed by atoms with van der Waals surface area (Å²) in [4.78, 5) is 12.2. The lowest BCUT2D eigenvalue weighted by molar-refractivity contribution is -0.124. The van der Waals surface area contributed by atoms with E-state index >= 15 is 0 Å². The zero-order chi connectivity index (χ0) is 12.3. The SMILES string of the molecule is CSC1CCCCC1NC(=O)C1NCCC1C. The Labute approximate surface area is 108 Å². The molecule has 1 aliphatic carbocycles. The van der Waals surface area contributed by atoms with Crippen LogP contribution in [0.25, 0.3) is 0 Å². The molecule has 98 valence electrons. The molecule has 1 heterocycles. The summed E-state index contributed by atoms with van der Waals surface area (Å²) in [6.07, 6.45) is 8.25. The largest absolute Gasteiger partial charge is 0.351 e. The Morgan fingerprint density at radius 3 is 2.71 bits per heavy atom. The second-order valence-corrected chi connectivity index (χ2v) is 6.45. The van der Waals surface area contributed by atoms with Crippen molar-refractivity contribution in [2.75, 3.05) is 12.8 Å². The maximum Gasteiger partial charge on any atom is 0.237 e. The number of thioether (sulfide) groups is 1. The molecule has 2 N–H and O–H groups in total.